The number of pyridine rings is 2. The van der Waals surface area contributed by atoms with Crippen LogP contribution in [0.1, 0.15) is 5.56 Å². The molecular weight excluding hydrogens is 315 g/mol. The van der Waals surface area contributed by atoms with Crippen LogP contribution in [0.2, 0.25) is 0 Å². The molecule has 25 heavy (non-hydrogen) atoms. The summed E-state index contributed by atoms with van der Waals surface area (Å²) in [6, 6.07) is 10.9. The zero-order valence-electron chi connectivity index (χ0n) is 13.2. The second-order valence-electron chi connectivity index (χ2n) is 5.39. The second-order valence-corrected chi connectivity index (χ2v) is 5.39. The van der Waals surface area contributed by atoms with Crippen LogP contribution in [0.3, 0.4) is 0 Å². The van der Waals surface area contributed by atoms with E-state index in [4.69, 9.17) is 7.85 Å². The Morgan fingerprint density at radius 2 is 2.04 bits per heavy atom. The van der Waals surface area contributed by atoms with Gasteiger partial charge in [-0.3, -0.25) is 9.97 Å². The van der Waals surface area contributed by atoms with Gasteiger partial charge in [-0.2, -0.15) is 0 Å². The third-order valence-electron chi connectivity index (χ3n) is 3.72. The molecule has 4 heterocycles. The van der Waals surface area contributed by atoms with E-state index < -0.39 is 0 Å². The van der Waals surface area contributed by atoms with E-state index in [2.05, 4.69) is 25.4 Å². The highest BCUT2D eigenvalue weighted by molar-refractivity contribution is 6.30. The first-order valence-electron chi connectivity index (χ1n) is 7.63. The van der Waals surface area contributed by atoms with Gasteiger partial charge < -0.3 is 10.4 Å². The van der Waals surface area contributed by atoms with E-state index in [1.54, 1.807) is 41.2 Å². The number of hydrogen-bond donors (Lipinski definition) is 2. The van der Waals surface area contributed by atoms with Crippen molar-refractivity contribution in [1.29, 1.82) is 0 Å². The van der Waals surface area contributed by atoms with Gasteiger partial charge in [-0.25, -0.2) is 9.50 Å². The van der Waals surface area contributed by atoms with Gasteiger partial charge in [-0.05, 0) is 29.9 Å². The number of aliphatic hydroxyl groups excluding tert-OH is 1. The van der Waals surface area contributed by atoms with Gasteiger partial charge in [-0.15, -0.1) is 5.10 Å². The summed E-state index contributed by atoms with van der Waals surface area (Å²) in [6.45, 7) is -0.123. The predicted molar refractivity (Wildman–Crippen MR) is 95.0 cm³/mol. The van der Waals surface area contributed by atoms with Crippen molar-refractivity contribution in [2.45, 2.75) is 6.61 Å². The first kappa shape index (κ1) is 15.3. The molecule has 0 aromatic carbocycles. The monoisotopic (exact) mass is 328 g/mol. The van der Waals surface area contributed by atoms with Crippen molar-refractivity contribution in [1.82, 2.24) is 24.6 Å². The Balaban J connectivity index is 1.84. The Morgan fingerprint density at radius 3 is 2.88 bits per heavy atom. The first-order valence-corrected chi connectivity index (χ1v) is 7.63. The lowest BCUT2D eigenvalue weighted by atomic mass is 10.0. The van der Waals surface area contributed by atoms with Gasteiger partial charge in [-0.1, -0.05) is 12.1 Å². The highest BCUT2D eigenvalue weighted by atomic mass is 16.3. The highest BCUT2D eigenvalue weighted by Gasteiger charge is 2.12. The summed E-state index contributed by atoms with van der Waals surface area (Å²) in [4.78, 5) is 12.9. The van der Waals surface area contributed by atoms with Crippen molar-refractivity contribution in [3.8, 4) is 11.5 Å². The van der Waals surface area contributed by atoms with Crippen LogP contribution in [0.4, 0.5) is 11.5 Å². The average Bonchev–Trinajstić information content (AvgIpc) is 3.11. The number of nitrogens with one attached hydrogen (secondary N) is 1. The largest absolute Gasteiger partial charge is 0.392 e. The molecule has 0 fully saturated rings. The molecule has 0 unspecified atom stereocenters. The van der Waals surface area contributed by atoms with Gasteiger partial charge in [0.15, 0.2) is 5.82 Å². The molecule has 0 saturated heterocycles. The average molecular weight is 328 g/mol. The van der Waals surface area contributed by atoms with Gasteiger partial charge in [0, 0.05) is 29.8 Å². The smallest absolute Gasteiger partial charge is 0.200 e. The third-order valence-corrected chi connectivity index (χ3v) is 3.72. The Kier molecular flexibility index (Phi) is 3.87. The number of rotatable bonds is 4. The molecule has 8 heteroatoms. The van der Waals surface area contributed by atoms with Crippen LogP contribution in [0.25, 0.3) is 17.0 Å². The number of aromatic nitrogens is 5. The Bertz CT molecular complexity index is 1050. The minimum absolute atomic E-state index is 0.123. The maximum atomic E-state index is 9.49. The molecule has 0 spiro atoms. The maximum absolute atomic E-state index is 9.49. The summed E-state index contributed by atoms with van der Waals surface area (Å²) in [5, 5.41) is 17.2. The molecule has 2 radical (unpaired) electrons. The number of nitrogens with zero attached hydrogens (tertiary/aromatic N) is 5. The Hall–Kier alpha value is -3.26. The number of aliphatic hydroxyl groups is 1. The first-order chi connectivity index (χ1) is 12.2. The Morgan fingerprint density at radius 1 is 1.12 bits per heavy atom. The van der Waals surface area contributed by atoms with Crippen molar-refractivity contribution in [3.63, 3.8) is 0 Å². The van der Waals surface area contributed by atoms with Crippen molar-refractivity contribution in [2.24, 2.45) is 0 Å². The van der Waals surface area contributed by atoms with Crippen molar-refractivity contribution in [3.05, 3.63) is 60.6 Å². The van der Waals surface area contributed by atoms with Gasteiger partial charge >= 0.3 is 0 Å². The van der Waals surface area contributed by atoms with Crippen molar-refractivity contribution < 1.29 is 5.11 Å². The van der Waals surface area contributed by atoms with Crippen LogP contribution in [0.15, 0.2) is 55.0 Å². The molecule has 0 amide bonds. The molecule has 4 rings (SSSR count). The molecule has 0 aliphatic heterocycles. The van der Waals surface area contributed by atoms with E-state index in [-0.39, 0.29) is 6.61 Å². The van der Waals surface area contributed by atoms with Crippen LogP contribution < -0.4 is 10.9 Å². The van der Waals surface area contributed by atoms with E-state index >= 15 is 0 Å². The highest BCUT2D eigenvalue weighted by Crippen LogP contribution is 2.24. The van der Waals surface area contributed by atoms with E-state index in [1.165, 1.54) is 0 Å². The standard InChI is InChI=1S/C17H13BN6O/c18-15-5-1-3-13(20-15)16-22-17(14-4-2-8-24(14)23-16)21-12-6-7-19-9-11(12)10-25/h1-9,25H,10H2,(H,19,21,22,23). The Labute approximate surface area is 144 Å². The lowest BCUT2D eigenvalue weighted by Gasteiger charge is -2.12. The molecule has 4 aromatic heterocycles. The molecule has 7 nitrogen and oxygen atoms in total. The summed E-state index contributed by atoms with van der Waals surface area (Å²) in [6.07, 6.45) is 5.09. The van der Waals surface area contributed by atoms with E-state index in [0.717, 1.165) is 11.2 Å². The van der Waals surface area contributed by atoms with Gasteiger partial charge in [0.05, 0.1) is 6.61 Å². The van der Waals surface area contributed by atoms with Crippen LogP contribution in [-0.2, 0) is 6.61 Å². The molecular formula is C17H13BN6O. The fourth-order valence-electron chi connectivity index (χ4n) is 2.51. The minimum atomic E-state index is -0.123. The molecule has 4 aromatic rings. The van der Waals surface area contributed by atoms with Gasteiger partial charge in [0.1, 0.15) is 19.1 Å². The predicted octanol–water partition coefficient (Wildman–Crippen LogP) is 1.22. The van der Waals surface area contributed by atoms with Gasteiger partial charge in [0.25, 0.3) is 0 Å². The molecule has 0 aliphatic carbocycles. The van der Waals surface area contributed by atoms with Gasteiger partial charge in [0.2, 0.25) is 5.82 Å². The van der Waals surface area contributed by atoms with E-state index in [9.17, 15) is 5.11 Å². The topological polar surface area (TPSA) is 88.2 Å². The lowest BCUT2D eigenvalue weighted by molar-refractivity contribution is 0.282. The summed E-state index contributed by atoms with van der Waals surface area (Å²) >= 11 is 0. The van der Waals surface area contributed by atoms with Crippen LogP contribution in [-0.4, -0.2) is 37.5 Å². The quantitative estimate of drug-likeness (QED) is 0.548. The van der Waals surface area contributed by atoms with Crippen molar-refractivity contribution in [2.75, 3.05) is 5.32 Å². The van der Waals surface area contributed by atoms with Crippen LogP contribution in [0.5, 0.6) is 0 Å². The second kappa shape index (κ2) is 6.33. The molecule has 0 saturated carbocycles. The normalized spacial score (nSPS) is 10.9. The lowest BCUT2D eigenvalue weighted by Crippen LogP contribution is -2.10. The third kappa shape index (κ3) is 2.95. The van der Waals surface area contributed by atoms with E-state index in [0.29, 0.717) is 28.5 Å². The maximum Gasteiger partial charge on any atom is 0.200 e. The summed E-state index contributed by atoms with van der Waals surface area (Å²) in [5.41, 5.74) is 3.18. The fraction of sp³-hybridized carbons (Fsp3) is 0.0588. The number of anilines is 2. The summed E-state index contributed by atoms with van der Waals surface area (Å²) in [7, 11) is 5.76. The number of hydrogen-bond acceptors (Lipinski definition) is 6. The fourth-order valence-corrected chi connectivity index (χ4v) is 2.51. The molecule has 0 bridgehead atoms. The zero-order valence-corrected chi connectivity index (χ0v) is 13.2. The van der Waals surface area contributed by atoms with E-state index in [1.807, 2.05) is 18.3 Å². The van der Waals surface area contributed by atoms with Crippen LogP contribution in [0, 0.1) is 0 Å². The molecule has 2 N–H and O–H groups in total. The zero-order chi connectivity index (χ0) is 17.2. The SMILES string of the molecule is [B]c1cccc(-c2nc(Nc3ccncc3CO)c3cccn3n2)n1. The summed E-state index contributed by atoms with van der Waals surface area (Å²) in [5.74, 6) is 1.04. The summed E-state index contributed by atoms with van der Waals surface area (Å²) < 4.78 is 1.72. The number of fused-ring (bicyclic) bond motifs is 1. The van der Waals surface area contributed by atoms with Crippen molar-refractivity contribution >= 4 is 30.5 Å². The van der Waals surface area contributed by atoms with Crippen LogP contribution >= 0.6 is 0 Å². The minimum Gasteiger partial charge on any atom is -0.392 e. The molecule has 120 valence electrons. The molecule has 0 atom stereocenters. The molecule has 0 aliphatic rings.